The third-order valence-corrected chi connectivity index (χ3v) is 4.23. The molecule has 1 amide bonds. The molecule has 1 N–H and O–H groups in total. The van der Waals surface area contributed by atoms with Crippen molar-refractivity contribution in [3.8, 4) is 0 Å². The predicted octanol–water partition coefficient (Wildman–Crippen LogP) is 3.40. The van der Waals surface area contributed by atoms with Gasteiger partial charge in [-0.25, -0.2) is 13.2 Å². The number of anilines is 2. The molecule has 2 heterocycles. The molecule has 9 heteroatoms. The van der Waals surface area contributed by atoms with Crippen LogP contribution in [0.3, 0.4) is 0 Å². The molecular weight excluding hydrogens is 357 g/mol. The fraction of sp³-hybridized carbons (Fsp3) is 0.312. The maximum absolute atomic E-state index is 13.7. The number of hydrogen-bond donors (Lipinski definition) is 1. The zero-order valence-electron chi connectivity index (χ0n) is 13.0. The second-order valence-corrected chi connectivity index (χ2v) is 6.10. The van der Waals surface area contributed by atoms with Gasteiger partial charge in [0.05, 0.1) is 11.6 Å². The monoisotopic (exact) mass is 370 g/mol. The van der Waals surface area contributed by atoms with Crippen molar-refractivity contribution < 1.29 is 18.0 Å². The highest BCUT2D eigenvalue weighted by Gasteiger charge is 2.28. The van der Waals surface area contributed by atoms with Crippen LogP contribution in [-0.2, 0) is 4.79 Å². The van der Waals surface area contributed by atoms with E-state index in [9.17, 15) is 18.0 Å². The molecule has 132 valence electrons. The van der Waals surface area contributed by atoms with Gasteiger partial charge in [0.25, 0.3) is 0 Å². The van der Waals surface area contributed by atoms with Gasteiger partial charge in [-0.1, -0.05) is 11.6 Å². The maximum atomic E-state index is 13.7. The molecule has 1 atom stereocenters. The summed E-state index contributed by atoms with van der Waals surface area (Å²) < 4.78 is 39.9. The van der Waals surface area contributed by atoms with E-state index in [4.69, 9.17) is 11.6 Å². The Morgan fingerprint density at radius 1 is 1.16 bits per heavy atom. The standard InChI is InChI=1S/C16H14ClF3N4O/c17-12-5-6-13(23-22-12)24-7-1-2-9(8-24)16(25)21-11-4-3-10(18)14(19)15(11)20/h3-6,9H,1-2,7-8H2,(H,21,25)/t9-/m1/s1. The van der Waals surface area contributed by atoms with Crippen LogP contribution in [0.2, 0.25) is 5.15 Å². The highest BCUT2D eigenvalue weighted by Crippen LogP contribution is 2.25. The summed E-state index contributed by atoms with van der Waals surface area (Å²) in [5, 5.41) is 10.3. The Kier molecular flexibility index (Phi) is 5.08. The van der Waals surface area contributed by atoms with Crippen LogP contribution in [0.1, 0.15) is 12.8 Å². The van der Waals surface area contributed by atoms with E-state index in [1.807, 2.05) is 4.90 Å². The first-order valence-corrected chi connectivity index (χ1v) is 8.02. The van der Waals surface area contributed by atoms with Crippen molar-refractivity contribution in [3.05, 3.63) is 46.9 Å². The minimum absolute atomic E-state index is 0.267. The van der Waals surface area contributed by atoms with E-state index in [1.165, 1.54) is 0 Å². The van der Waals surface area contributed by atoms with Gasteiger partial charge in [0.1, 0.15) is 0 Å². The normalized spacial score (nSPS) is 17.4. The highest BCUT2D eigenvalue weighted by molar-refractivity contribution is 6.29. The quantitative estimate of drug-likeness (QED) is 0.841. The van der Waals surface area contributed by atoms with Gasteiger partial charge in [0, 0.05) is 13.1 Å². The second kappa shape index (κ2) is 7.26. The van der Waals surface area contributed by atoms with Gasteiger partial charge in [0.2, 0.25) is 5.91 Å². The minimum Gasteiger partial charge on any atom is -0.354 e. The zero-order valence-corrected chi connectivity index (χ0v) is 13.7. The van der Waals surface area contributed by atoms with E-state index in [2.05, 4.69) is 15.5 Å². The number of hydrogen-bond acceptors (Lipinski definition) is 4. The number of benzene rings is 1. The molecule has 0 bridgehead atoms. The first-order chi connectivity index (χ1) is 12.0. The Bertz CT molecular complexity index is 788. The van der Waals surface area contributed by atoms with Crippen LogP contribution in [-0.4, -0.2) is 29.2 Å². The number of amides is 1. The molecule has 0 radical (unpaired) electrons. The molecule has 25 heavy (non-hydrogen) atoms. The molecule has 1 aliphatic heterocycles. The summed E-state index contributed by atoms with van der Waals surface area (Å²) in [6.45, 7) is 1.05. The Morgan fingerprint density at radius 3 is 2.68 bits per heavy atom. The summed E-state index contributed by atoms with van der Waals surface area (Å²) in [5.41, 5.74) is -0.382. The topological polar surface area (TPSA) is 58.1 Å². The number of rotatable bonds is 3. The number of aromatic nitrogens is 2. The highest BCUT2D eigenvalue weighted by atomic mass is 35.5. The zero-order chi connectivity index (χ0) is 18.0. The van der Waals surface area contributed by atoms with Gasteiger partial charge in [-0.05, 0) is 37.1 Å². The molecule has 1 saturated heterocycles. The number of carbonyl (C=O) groups excluding carboxylic acids is 1. The molecule has 5 nitrogen and oxygen atoms in total. The molecule has 0 unspecified atom stereocenters. The largest absolute Gasteiger partial charge is 0.354 e. The van der Waals surface area contributed by atoms with Crippen LogP contribution in [0.25, 0.3) is 0 Å². The van der Waals surface area contributed by atoms with E-state index in [-0.39, 0.29) is 10.8 Å². The first-order valence-electron chi connectivity index (χ1n) is 7.64. The molecule has 3 rings (SSSR count). The SMILES string of the molecule is O=C(Nc1ccc(F)c(F)c1F)[C@@H]1CCCN(c2ccc(Cl)nn2)C1. The number of nitrogens with zero attached hydrogens (tertiary/aromatic N) is 3. The summed E-state index contributed by atoms with van der Waals surface area (Å²) in [7, 11) is 0. The number of halogens is 4. The van der Waals surface area contributed by atoms with Crippen molar-refractivity contribution in [1.82, 2.24) is 10.2 Å². The summed E-state index contributed by atoms with van der Waals surface area (Å²) in [6, 6.07) is 5.07. The van der Waals surface area contributed by atoms with Crippen LogP contribution < -0.4 is 10.2 Å². The lowest BCUT2D eigenvalue weighted by Gasteiger charge is -2.32. The molecule has 1 fully saturated rings. The molecule has 1 aliphatic rings. The third-order valence-electron chi connectivity index (χ3n) is 4.03. The van der Waals surface area contributed by atoms with Gasteiger partial charge in [-0.15, -0.1) is 10.2 Å². The van der Waals surface area contributed by atoms with Crippen LogP contribution >= 0.6 is 11.6 Å². The van der Waals surface area contributed by atoms with E-state index in [1.54, 1.807) is 12.1 Å². The Balaban J connectivity index is 1.70. The molecule has 0 spiro atoms. The van der Waals surface area contributed by atoms with Gasteiger partial charge in [-0.2, -0.15) is 0 Å². The Labute approximate surface area is 146 Å². The molecule has 1 aromatic carbocycles. The molecular formula is C16H14ClF3N4O. The van der Waals surface area contributed by atoms with Gasteiger partial charge >= 0.3 is 0 Å². The van der Waals surface area contributed by atoms with Gasteiger partial charge in [0.15, 0.2) is 28.4 Å². The predicted molar refractivity (Wildman–Crippen MR) is 86.9 cm³/mol. The van der Waals surface area contributed by atoms with E-state index < -0.39 is 29.3 Å². The van der Waals surface area contributed by atoms with Gasteiger partial charge < -0.3 is 10.2 Å². The van der Waals surface area contributed by atoms with Crippen molar-refractivity contribution in [2.75, 3.05) is 23.3 Å². The maximum Gasteiger partial charge on any atom is 0.229 e. The lowest BCUT2D eigenvalue weighted by molar-refractivity contribution is -0.120. The van der Waals surface area contributed by atoms with E-state index >= 15 is 0 Å². The fourth-order valence-electron chi connectivity index (χ4n) is 2.73. The van der Waals surface area contributed by atoms with Crippen molar-refractivity contribution in [3.63, 3.8) is 0 Å². The average Bonchev–Trinajstić information content (AvgIpc) is 2.63. The van der Waals surface area contributed by atoms with Crippen molar-refractivity contribution in [2.45, 2.75) is 12.8 Å². The molecule has 1 aromatic heterocycles. The molecule has 0 aliphatic carbocycles. The molecule has 0 saturated carbocycles. The lowest BCUT2D eigenvalue weighted by atomic mass is 9.97. The smallest absolute Gasteiger partial charge is 0.229 e. The molecule has 2 aromatic rings. The number of piperidine rings is 1. The van der Waals surface area contributed by atoms with Crippen LogP contribution in [0.5, 0.6) is 0 Å². The second-order valence-electron chi connectivity index (χ2n) is 5.71. The summed E-state index contributed by atoms with van der Waals surface area (Å²) in [4.78, 5) is 14.2. The van der Waals surface area contributed by atoms with Crippen molar-refractivity contribution in [2.24, 2.45) is 5.92 Å². The number of nitrogens with one attached hydrogen (secondary N) is 1. The fourth-order valence-corrected chi connectivity index (χ4v) is 2.83. The summed E-state index contributed by atoms with van der Waals surface area (Å²) >= 11 is 5.71. The van der Waals surface area contributed by atoms with Crippen LogP contribution in [0.4, 0.5) is 24.7 Å². The average molecular weight is 371 g/mol. The minimum atomic E-state index is -1.61. The summed E-state index contributed by atoms with van der Waals surface area (Å²) in [6.07, 6.45) is 1.32. The Hall–Kier alpha value is -2.35. The lowest BCUT2D eigenvalue weighted by Crippen LogP contribution is -2.41. The number of carbonyl (C=O) groups is 1. The third kappa shape index (κ3) is 3.84. The summed E-state index contributed by atoms with van der Waals surface area (Å²) in [5.74, 6) is -4.65. The Morgan fingerprint density at radius 2 is 1.96 bits per heavy atom. The first kappa shape index (κ1) is 17.5. The van der Waals surface area contributed by atoms with Crippen LogP contribution in [0.15, 0.2) is 24.3 Å². The van der Waals surface area contributed by atoms with Crippen molar-refractivity contribution in [1.29, 1.82) is 0 Å². The van der Waals surface area contributed by atoms with E-state index in [0.717, 1.165) is 18.6 Å². The van der Waals surface area contributed by atoms with Crippen molar-refractivity contribution >= 4 is 29.0 Å². The van der Waals surface area contributed by atoms with Gasteiger partial charge in [-0.3, -0.25) is 4.79 Å². The van der Waals surface area contributed by atoms with E-state index in [0.29, 0.717) is 25.3 Å². The van der Waals surface area contributed by atoms with Crippen LogP contribution in [0, 0.1) is 23.4 Å².